The predicted octanol–water partition coefficient (Wildman–Crippen LogP) is 2.83. The number of ether oxygens (including phenoxy) is 1. The summed E-state index contributed by atoms with van der Waals surface area (Å²) in [5.74, 6) is 0. The van der Waals surface area contributed by atoms with Gasteiger partial charge in [-0.05, 0) is 31.4 Å². The van der Waals surface area contributed by atoms with Crippen LogP contribution in [0.15, 0.2) is 28.7 Å². The Hall–Kier alpha value is -1.55. The van der Waals surface area contributed by atoms with Crippen LogP contribution in [0.1, 0.15) is 19.3 Å². The molecule has 2 fully saturated rings. The van der Waals surface area contributed by atoms with E-state index in [0.717, 1.165) is 43.4 Å². The summed E-state index contributed by atoms with van der Waals surface area (Å²) in [6.45, 7) is 3.85. The van der Waals surface area contributed by atoms with Gasteiger partial charge in [-0.1, -0.05) is 12.1 Å². The maximum atomic E-state index is 5.88. The molecule has 2 aliphatic heterocycles. The van der Waals surface area contributed by atoms with Gasteiger partial charge in [0.15, 0.2) is 5.58 Å². The topological polar surface area (TPSA) is 38.5 Å². The second kappa shape index (κ2) is 4.23. The Kier molecular flexibility index (Phi) is 2.52. The molecule has 1 atom stereocenters. The minimum atomic E-state index is 0.332. The summed E-state index contributed by atoms with van der Waals surface area (Å²) in [5, 5.41) is 0. The molecule has 2 aliphatic rings. The van der Waals surface area contributed by atoms with Gasteiger partial charge in [0, 0.05) is 25.1 Å². The number of hydrogen-bond donors (Lipinski definition) is 0. The lowest BCUT2D eigenvalue weighted by molar-refractivity contribution is 0.138. The van der Waals surface area contributed by atoms with Crippen molar-refractivity contribution in [3.8, 4) is 0 Å². The maximum absolute atomic E-state index is 5.88. The number of anilines is 1. The summed E-state index contributed by atoms with van der Waals surface area (Å²) in [4.78, 5) is 6.90. The van der Waals surface area contributed by atoms with E-state index in [1.54, 1.807) is 0 Å². The first kappa shape index (κ1) is 11.3. The molecule has 0 radical (unpaired) electrons. The standard InChI is InChI=1S/C15H18N2O2/c1-2-5-13-12(4-1)16-14(19-13)17-8-3-6-15(10-17)7-9-18-11-15/h1-2,4-5H,3,6-11H2. The molecule has 100 valence electrons. The first-order valence-corrected chi connectivity index (χ1v) is 7.03. The SMILES string of the molecule is c1ccc2oc(N3CCCC4(CCOC4)C3)nc2c1. The second-order valence-electron chi connectivity index (χ2n) is 5.79. The highest BCUT2D eigenvalue weighted by Gasteiger charge is 2.40. The van der Waals surface area contributed by atoms with Crippen molar-refractivity contribution in [1.29, 1.82) is 0 Å². The molecule has 2 aromatic rings. The molecule has 2 saturated heterocycles. The van der Waals surface area contributed by atoms with Crippen molar-refractivity contribution in [2.45, 2.75) is 19.3 Å². The fraction of sp³-hybridized carbons (Fsp3) is 0.533. The number of hydrogen-bond acceptors (Lipinski definition) is 4. The smallest absolute Gasteiger partial charge is 0.298 e. The van der Waals surface area contributed by atoms with Gasteiger partial charge in [0.05, 0.1) is 6.61 Å². The molecule has 0 aliphatic carbocycles. The summed E-state index contributed by atoms with van der Waals surface area (Å²) in [6, 6.07) is 8.73. The lowest BCUT2D eigenvalue weighted by Gasteiger charge is -2.38. The Labute approximate surface area is 112 Å². The molecule has 4 heteroatoms. The van der Waals surface area contributed by atoms with Gasteiger partial charge in [0.1, 0.15) is 5.52 Å². The molecule has 0 bridgehead atoms. The third-order valence-electron chi connectivity index (χ3n) is 4.40. The zero-order valence-corrected chi connectivity index (χ0v) is 11.0. The third-order valence-corrected chi connectivity index (χ3v) is 4.40. The van der Waals surface area contributed by atoms with Crippen molar-refractivity contribution in [3.05, 3.63) is 24.3 Å². The summed E-state index contributed by atoms with van der Waals surface area (Å²) in [5.41, 5.74) is 2.15. The van der Waals surface area contributed by atoms with E-state index in [-0.39, 0.29) is 0 Å². The lowest BCUT2D eigenvalue weighted by Crippen LogP contribution is -2.43. The molecule has 1 unspecified atom stereocenters. The van der Waals surface area contributed by atoms with Crippen molar-refractivity contribution in [1.82, 2.24) is 4.98 Å². The quantitative estimate of drug-likeness (QED) is 0.788. The van der Waals surface area contributed by atoms with Crippen LogP contribution in [0.2, 0.25) is 0 Å². The molecule has 4 rings (SSSR count). The van der Waals surface area contributed by atoms with Crippen molar-refractivity contribution in [3.63, 3.8) is 0 Å². The molecular weight excluding hydrogens is 240 g/mol. The highest BCUT2D eigenvalue weighted by atomic mass is 16.5. The summed E-state index contributed by atoms with van der Waals surface area (Å²) >= 11 is 0. The number of fused-ring (bicyclic) bond motifs is 1. The van der Waals surface area contributed by atoms with Gasteiger partial charge in [-0.15, -0.1) is 0 Å². The minimum Gasteiger partial charge on any atom is -0.423 e. The largest absolute Gasteiger partial charge is 0.423 e. The Morgan fingerprint density at radius 2 is 2.16 bits per heavy atom. The van der Waals surface area contributed by atoms with E-state index in [9.17, 15) is 0 Å². The van der Waals surface area contributed by atoms with Crippen molar-refractivity contribution in [2.75, 3.05) is 31.2 Å². The third kappa shape index (κ3) is 1.91. The average Bonchev–Trinajstić information content (AvgIpc) is 3.05. The molecule has 19 heavy (non-hydrogen) atoms. The zero-order valence-electron chi connectivity index (χ0n) is 11.0. The van der Waals surface area contributed by atoms with Crippen molar-refractivity contribution >= 4 is 17.1 Å². The van der Waals surface area contributed by atoms with E-state index in [0.29, 0.717) is 5.41 Å². The van der Waals surface area contributed by atoms with Crippen LogP contribution in [0, 0.1) is 5.41 Å². The van der Waals surface area contributed by atoms with Crippen LogP contribution in [0.3, 0.4) is 0 Å². The Bertz CT molecular complexity index is 554. The zero-order chi connectivity index (χ0) is 12.7. The molecule has 1 aromatic heterocycles. The minimum absolute atomic E-state index is 0.332. The van der Waals surface area contributed by atoms with E-state index in [1.807, 2.05) is 24.3 Å². The van der Waals surface area contributed by atoms with Crippen LogP contribution in [0.4, 0.5) is 6.01 Å². The average molecular weight is 258 g/mol. The molecule has 0 saturated carbocycles. The number of nitrogens with zero attached hydrogens (tertiary/aromatic N) is 2. The van der Waals surface area contributed by atoms with Gasteiger partial charge in [-0.25, -0.2) is 0 Å². The normalized spacial score (nSPS) is 27.5. The van der Waals surface area contributed by atoms with Crippen molar-refractivity contribution in [2.24, 2.45) is 5.41 Å². The lowest BCUT2D eigenvalue weighted by atomic mass is 9.79. The van der Waals surface area contributed by atoms with Crippen LogP contribution in [-0.2, 0) is 4.74 Å². The van der Waals surface area contributed by atoms with Crippen molar-refractivity contribution < 1.29 is 9.15 Å². The van der Waals surface area contributed by atoms with Crippen LogP contribution >= 0.6 is 0 Å². The van der Waals surface area contributed by atoms with Crippen LogP contribution < -0.4 is 4.90 Å². The molecule has 0 N–H and O–H groups in total. The fourth-order valence-electron chi connectivity index (χ4n) is 3.34. The highest BCUT2D eigenvalue weighted by molar-refractivity contribution is 5.74. The second-order valence-corrected chi connectivity index (χ2v) is 5.79. The Morgan fingerprint density at radius 1 is 1.21 bits per heavy atom. The monoisotopic (exact) mass is 258 g/mol. The summed E-state index contributed by atoms with van der Waals surface area (Å²) < 4.78 is 11.5. The van der Waals surface area contributed by atoms with Gasteiger partial charge in [-0.3, -0.25) is 0 Å². The first-order chi connectivity index (χ1) is 9.35. The molecule has 1 aromatic carbocycles. The van der Waals surface area contributed by atoms with Gasteiger partial charge in [-0.2, -0.15) is 4.98 Å². The number of rotatable bonds is 1. The number of benzene rings is 1. The maximum Gasteiger partial charge on any atom is 0.298 e. The summed E-state index contributed by atoms with van der Waals surface area (Å²) in [7, 11) is 0. The van der Waals surface area contributed by atoms with E-state index in [4.69, 9.17) is 9.15 Å². The molecule has 1 spiro atoms. The Balaban J connectivity index is 1.64. The van der Waals surface area contributed by atoms with Crippen LogP contribution in [0.5, 0.6) is 0 Å². The number of aromatic nitrogens is 1. The molecular formula is C15H18N2O2. The molecule has 3 heterocycles. The van der Waals surface area contributed by atoms with Gasteiger partial charge in [0.25, 0.3) is 6.01 Å². The Morgan fingerprint density at radius 3 is 3.00 bits per heavy atom. The van der Waals surface area contributed by atoms with Crippen LogP contribution in [0.25, 0.3) is 11.1 Å². The van der Waals surface area contributed by atoms with E-state index in [1.165, 1.54) is 19.3 Å². The summed E-state index contributed by atoms with van der Waals surface area (Å²) in [6.07, 6.45) is 3.63. The van der Waals surface area contributed by atoms with E-state index in [2.05, 4.69) is 9.88 Å². The van der Waals surface area contributed by atoms with E-state index < -0.39 is 0 Å². The number of para-hydroxylation sites is 2. The predicted molar refractivity (Wildman–Crippen MR) is 73.3 cm³/mol. The number of piperidine rings is 1. The first-order valence-electron chi connectivity index (χ1n) is 7.03. The molecule has 4 nitrogen and oxygen atoms in total. The van der Waals surface area contributed by atoms with Crippen LogP contribution in [-0.4, -0.2) is 31.3 Å². The van der Waals surface area contributed by atoms with Gasteiger partial charge < -0.3 is 14.1 Å². The fourth-order valence-corrected chi connectivity index (χ4v) is 3.34. The van der Waals surface area contributed by atoms with E-state index >= 15 is 0 Å². The van der Waals surface area contributed by atoms with Gasteiger partial charge in [0.2, 0.25) is 0 Å². The molecule has 0 amide bonds. The number of oxazole rings is 1. The highest BCUT2D eigenvalue weighted by Crippen LogP contribution is 2.39. The van der Waals surface area contributed by atoms with Gasteiger partial charge >= 0.3 is 0 Å².